The Morgan fingerprint density at radius 3 is 0.792 bits per heavy atom. The normalized spacial score (nSPS) is 11.0. The van der Waals surface area contributed by atoms with Crippen LogP contribution in [0.2, 0.25) is 0 Å². The molecule has 0 saturated heterocycles. The van der Waals surface area contributed by atoms with E-state index in [4.69, 9.17) is 9.47 Å². The van der Waals surface area contributed by atoms with E-state index in [9.17, 15) is 9.59 Å². The Labute approximate surface area is 312 Å². The smallest absolute Gasteiger partial charge is 0.306 e. The summed E-state index contributed by atoms with van der Waals surface area (Å²) in [6.45, 7) is 5.67. The van der Waals surface area contributed by atoms with Crippen molar-refractivity contribution in [2.24, 2.45) is 0 Å². The molecule has 0 atom stereocenters. The van der Waals surface area contributed by atoms with E-state index >= 15 is 0 Å². The second-order valence-electron chi connectivity index (χ2n) is 14.2. The van der Waals surface area contributed by atoms with E-state index in [2.05, 4.69) is 13.8 Å². The fourth-order valence-electron chi connectivity index (χ4n) is 6.23. The molecule has 0 amide bonds. The molecule has 0 aliphatic rings. The van der Waals surface area contributed by atoms with Crippen molar-refractivity contribution < 1.29 is 19.1 Å². The Morgan fingerprint density at radius 2 is 0.562 bits per heavy atom. The number of hydrogen-bond acceptors (Lipinski definition) is 5. The maximum absolute atomic E-state index is 12.0. The molecule has 0 radical (unpaired) electrons. The van der Waals surface area contributed by atoms with Gasteiger partial charge in [0.05, 0.1) is 26.1 Å². The number of carbonyl (C=O) groups excluding carboxylic acids is 2. The zero-order chi connectivity index (χ0) is 34.1. The molecule has 48 heavy (non-hydrogen) atoms. The summed E-state index contributed by atoms with van der Waals surface area (Å²) in [5.41, 5.74) is 0. The van der Waals surface area contributed by atoms with E-state index in [0.29, 0.717) is 37.6 Å². The first kappa shape index (κ1) is 49.8. The highest BCUT2D eigenvalue weighted by Gasteiger charge is 2.06. The van der Waals surface area contributed by atoms with Gasteiger partial charge in [-0.3, -0.25) is 9.59 Å². The molecule has 0 unspecified atom stereocenters. The molecule has 4 nitrogen and oxygen atoms in total. The van der Waals surface area contributed by atoms with Crippen LogP contribution in [-0.4, -0.2) is 36.7 Å². The van der Waals surface area contributed by atoms with E-state index in [0.717, 1.165) is 25.7 Å². The average Bonchev–Trinajstić information content (AvgIpc) is 3.07. The minimum atomic E-state index is -0.107. The Morgan fingerprint density at radius 1 is 0.354 bits per heavy atom. The first-order valence-electron chi connectivity index (χ1n) is 21.1. The minimum absolute atomic E-state index is 0. The van der Waals surface area contributed by atoms with Crippen LogP contribution in [0.25, 0.3) is 0 Å². The highest BCUT2D eigenvalue weighted by atomic mass is 32.2. The van der Waals surface area contributed by atoms with Crippen molar-refractivity contribution in [1.29, 1.82) is 0 Å². The molecular formula is C42H84O4S2. The van der Waals surface area contributed by atoms with Gasteiger partial charge >= 0.3 is 11.9 Å². The minimum Gasteiger partial charge on any atom is -0.466 e. The van der Waals surface area contributed by atoms with Gasteiger partial charge in [-0.25, -0.2) is 0 Å². The summed E-state index contributed by atoms with van der Waals surface area (Å²) >= 11 is 1.64. The molecule has 0 heterocycles. The molecule has 0 saturated carbocycles. The van der Waals surface area contributed by atoms with Crippen molar-refractivity contribution >= 4 is 37.2 Å². The number of esters is 2. The van der Waals surface area contributed by atoms with Crippen molar-refractivity contribution in [1.82, 2.24) is 0 Å². The second-order valence-corrected chi connectivity index (χ2v) is 15.4. The summed E-state index contributed by atoms with van der Waals surface area (Å²) in [5, 5.41) is 0. The molecule has 0 fully saturated rings. The van der Waals surface area contributed by atoms with E-state index in [1.54, 1.807) is 11.8 Å². The third kappa shape index (κ3) is 43.7. The Hall–Kier alpha value is -0.360. The fraction of sp³-hybridized carbons (Fsp3) is 0.952. The van der Waals surface area contributed by atoms with Gasteiger partial charge in [0.1, 0.15) is 0 Å². The van der Waals surface area contributed by atoms with Gasteiger partial charge in [-0.2, -0.15) is 25.3 Å². The zero-order valence-electron chi connectivity index (χ0n) is 32.4. The standard InChI is InChI=1S/C42H82O4S.H2S/c1-3-5-7-9-11-13-15-17-19-21-23-25-27-29-31-33-37-45-41(43)35-39-47-40-36-42(44)46-38-34-32-30-28-26-24-22-20-18-16-14-12-10-8-6-4-2;/h3-40H2,1-2H3;1H2. The van der Waals surface area contributed by atoms with Crippen molar-refractivity contribution in [2.45, 2.75) is 232 Å². The van der Waals surface area contributed by atoms with Crippen LogP contribution in [0.4, 0.5) is 0 Å². The van der Waals surface area contributed by atoms with Crippen molar-refractivity contribution in [3.05, 3.63) is 0 Å². The number of thioether (sulfide) groups is 1. The van der Waals surface area contributed by atoms with Crippen LogP contribution in [0.3, 0.4) is 0 Å². The zero-order valence-corrected chi connectivity index (χ0v) is 34.2. The van der Waals surface area contributed by atoms with Crippen LogP contribution >= 0.6 is 25.3 Å². The highest BCUT2D eigenvalue weighted by molar-refractivity contribution is 7.99. The lowest BCUT2D eigenvalue weighted by Crippen LogP contribution is -2.09. The molecule has 0 aromatic carbocycles. The summed E-state index contributed by atoms with van der Waals surface area (Å²) in [5.74, 6) is 1.21. The van der Waals surface area contributed by atoms with Crippen LogP contribution in [-0.2, 0) is 19.1 Å². The highest BCUT2D eigenvalue weighted by Crippen LogP contribution is 2.15. The maximum Gasteiger partial charge on any atom is 0.306 e. The molecule has 0 spiro atoms. The molecule has 0 aliphatic carbocycles. The lowest BCUT2D eigenvalue weighted by atomic mass is 10.0. The van der Waals surface area contributed by atoms with Crippen LogP contribution in [0, 0.1) is 0 Å². The summed E-state index contributed by atoms with van der Waals surface area (Å²) in [4.78, 5) is 23.9. The van der Waals surface area contributed by atoms with E-state index in [1.165, 1.54) is 180 Å². The third-order valence-electron chi connectivity index (χ3n) is 9.42. The monoisotopic (exact) mass is 717 g/mol. The van der Waals surface area contributed by atoms with Crippen LogP contribution in [0.5, 0.6) is 0 Å². The number of hydrogen-bond donors (Lipinski definition) is 0. The second kappa shape index (κ2) is 44.7. The van der Waals surface area contributed by atoms with E-state index < -0.39 is 0 Å². The lowest BCUT2D eigenvalue weighted by molar-refractivity contribution is -0.144. The van der Waals surface area contributed by atoms with Crippen molar-refractivity contribution in [3.63, 3.8) is 0 Å². The molecule has 0 N–H and O–H groups in total. The van der Waals surface area contributed by atoms with Gasteiger partial charge in [-0.05, 0) is 12.8 Å². The van der Waals surface area contributed by atoms with Gasteiger partial charge in [0.2, 0.25) is 0 Å². The SMILES string of the molecule is CCCCCCCCCCCCCCCCCCOC(=O)CCSCCC(=O)OCCCCCCCCCCCCCCCCCC.S. The third-order valence-corrected chi connectivity index (χ3v) is 10.4. The topological polar surface area (TPSA) is 52.6 Å². The predicted octanol–water partition coefficient (Wildman–Crippen LogP) is 14.2. The summed E-state index contributed by atoms with van der Waals surface area (Å²) < 4.78 is 10.8. The first-order valence-corrected chi connectivity index (χ1v) is 22.2. The fourth-order valence-corrected chi connectivity index (χ4v) is 7.06. The molecule has 0 aliphatic heterocycles. The van der Waals surface area contributed by atoms with Gasteiger partial charge in [0, 0.05) is 11.5 Å². The van der Waals surface area contributed by atoms with Gasteiger partial charge < -0.3 is 9.47 Å². The van der Waals surface area contributed by atoms with Crippen LogP contribution in [0.15, 0.2) is 0 Å². The predicted molar refractivity (Wildman–Crippen MR) is 218 cm³/mol. The summed E-state index contributed by atoms with van der Waals surface area (Å²) in [6, 6.07) is 0. The number of rotatable bonds is 40. The number of carbonyl (C=O) groups is 2. The van der Waals surface area contributed by atoms with Gasteiger partial charge in [-0.15, -0.1) is 0 Å². The van der Waals surface area contributed by atoms with Gasteiger partial charge in [-0.1, -0.05) is 206 Å². The number of ether oxygens (including phenoxy) is 2. The summed E-state index contributed by atoms with van der Waals surface area (Å²) in [6.07, 6.45) is 44.0. The maximum atomic E-state index is 12.0. The van der Waals surface area contributed by atoms with Crippen LogP contribution < -0.4 is 0 Å². The van der Waals surface area contributed by atoms with Crippen molar-refractivity contribution in [3.8, 4) is 0 Å². The molecule has 288 valence electrons. The van der Waals surface area contributed by atoms with E-state index in [1.807, 2.05) is 0 Å². The van der Waals surface area contributed by atoms with E-state index in [-0.39, 0.29) is 25.4 Å². The quantitative estimate of drug-likeness (QED) is 0.0467. The first-order chi connectivity index (χ1) is 23.2. The molecule has 0 bridgehead atoms. The molecule has 0 aromatic rings. The Bertz CT molecular complexity index is 579. The van der Waals surface area contributed by atoms with Crippen LogP contribution in [0.1, 0.15) is 232 Å². The van der Waals surface area contributed by atoms with Gasteiger partial charge in [0.25, 0.3) is 0 Å². The molecule has 6 heteroatoms. The Balaban J connectivity index is 0. The van der Waals surface area contributed by atoms with Gasteiger partial charge in [0.15, 0.2) is 0 Å². The molecular weight excluding hydrogens is 633 g/mol. The summed E-state index contributed by atoms with van der Waals surface area (Å²) in [7, 11) is 0. The lowest BCUT2D eigenvalue weighted by Gasteiger charge is -2.06. The average molecular weight is 717 g/mol. The largest absolute Gasteiger partial charge is 0.466 e. The van der Waals surface area contributed by atoms with Crippen molar-refractivity contribution in [2.75, 3.05) is 24.7 Å². The molecule has 0 rings (SSSR count). The molecule has 0 aromatic heterocycles. The Kier molecular flexibility index (Phi) is 46.3. The number of unbranched alkanes of at least 4 members (excludes halogenated alkanes) is 30.